The van der Waals surface area contributed by atoms with Crippen molar-refractivity contribution in [3.63, 3.8) is 0 Å². The minimum absolute atomic E-state index is 0.228. The number of hydrogen-bond donors (Lipinski definition) is 2. The molecular formula is C22H20FN7O3. The molecule has 1 fully saturated rings. The van der Waals surface area contributed by atoms with E-state index < -0.39 is 23.4 Å². The summed E-state index contributed by atoms with van der Waals surface area (Å²) in [6.45, 7) is 1.56. The largest absolute Gasteiger partial charge is 0.441 e. The summed E-state index contributed by atoms with van der Waals surface area (Å²) in [7, 11) is 1.58. The van der Waals surface area contributed by atoms with E-state index in [0.29, 0.717) is 24.2 Å². The average molecular weight is 449 g/mol. The van der Waals surface area contributed by atoms with Crippen LogP contribution in [0.25, 0.3) is 11.4 Å². The predicted octanol–water partition coefficient (Wildman–Crippen LogP) is 3.57. The van der Waals surface area contributed by atoms with E-state index in [1.54, 1.807) is 38.2 Å². The minimum atomic E-state index is -0.944. The van der Waals surface area contributed by atoms with E-state index in [1.165, 1.54) is 23.0 Å². The zero-order valence-corrected chi connectivity index (χ0v) is 17.9. The van der Waals surface area contributed by atoms with Crippen LogP contribution in [0.3, 0.4) is 0 Å². The number of benzene rings is 1. The summed E-state index contributed by atoms with van der Waals surface area (Å²) in [4.78, 5) is 28.9. The van der Waals surface area contributed by atoms with Gasteiger partial charge in [-0.3, -0.25) is 15.1 Å². The number of carbonyl (C=O) groups excluding carboxylic acids is 2. The number of rotatable bonds is 6. The molecule has 1 aliphatic rings. The van der Waals surface area contributed by atoms with Crippen molar-refractivity contribution < 1.29 is 18.7 Å². The number of nitrogens with one attached hydrogen (secondary N) is 2. The maximum atomic E-state index is 13.9. The number of halogens is 1. The number of hydrogen-bond acceptors (Lipinski definition) is 7. The Hall–Kier alpha value is -4.33. The third-order valence-corrected chi connectivity index (χ3v) is 5.34. The Bertz CT molecular complexity index is 1250. The molecule has 33 heavy (non-hydrogen) atoms. The van der Waals surface area contributed by atoms with Crippen LogP contribution in [-0.2, 0) is 16.6 Å². The van der Waals surface area contributed by atoms with Gasteiger partial charge in [0.1, 0.15) is 17.3 Å². The number of pyridine rings is 1. The van der Waals surface area contributed by atoms with Gasteiger partial charge in [-0.1, -0.05) is 23.4 Å². The van der Waals surface area contributed by atoms with Crippen LogP contribution < -0.4 is 10.6 Å². The average Bonchev–Trinajstić information content (AvgIpc) is 3.53. The molecule has 10 nitrogen and oxygen atoms in total. The Balaban J connectivity index is 1.45. The summed E-state index contributed by atoms with van der Waals surface area (Å²) < 4.78 is 20.6. The van der Waals surface area contributed by atoms with Gasteiger partial charge >= 0.3 is 6.09 Å². The number of ether oxygens (including phenoxy) is 1. The summed E-state index contributed by atoms with van der Waals surface area (Å²) in [5, 5.41) is 22.3. The van der Waals surface area contributed by atoms with Crippen LogP contribution in [0, 0.1) is 22.6 Å². The fourth-order valence-electron chi connectivity index (χ4n) is 3.20. The zero-order valence-electron chi connectivity index (χ0n) is 17.9. The highest BCUT2D eigenvalue weighted by atomic mass is 19.1. The van der Waals surface area contributed by atoms with Crippen LogP contribution in [0.4, 0.5) is 20.7 Å². The van der Waals surface area contributed by atoms with Crippen molar-refractivity contribution in [2.75, 3.05) is 10.6 Å². The lowest BCUT2D eigenvalue weighted by molar-refractivity contribution is -0.119. The Morgan fingerprint density at radius 1 is 1.24 bits per heavy atom. The summed E-state index contributed by atoms with van der Waals surface area (Å²) in [5.41, 5.74) is 0.406. The lowest BCUT2D eigenvalue weighted by Gasteiger charge is -2.15. The number of amides is 2. The Labute approximate surface area is 188 Å². The molecule has 2 N–H and O–H groups in total. The van der Waals surface area contributed by atoms with E-state index >= 15 is 0 Å². The molecule has 0 bridgehead atoms. The monoisotopic (exact) mass is 449 g/mol. The Morgan fingerprint density at radius 2 is 2.00 bits per heavy atom. The van der Waals surface area contributed by atoms with E-state index in [0.717, 1.165) is 0 Å². The van der Waals surface area contributed by atoms with Crippen LogP contribution in [0.15, 0.2) is 42.6 Å². The number of nitrogens with zero attached hydrogens (tertiary/aromatic N) is 5. The number of carbonyl (C=O) groups is 2. The van der Waals surface area contributed by atoms with E-state index in [2.05, 4.69) is 25.9 Å². The first-order valence-electron chi connectivity index (χ1n) is 10.1. The van der Waals surface area contributed by atoms with Gasteiger partial charge in [-0.05, 0) is 38.0 Å². The second-order valence-corrected chi connectivity index (χ2v) is 7.68. The smallest absolute Gasteiger partial charge is 0.413 e. The molecule has 0 spiro atoms. The van der Waals surface area contributed by atoms with Crippen LogP contribution in [0.2, 0.25) is 0 Å². The molecule has 2 amide bonds. The van der Waals surface area contributed by atoms with Gasteiger partial charge in [0.25, 0.3) is 0 Å². The first-order chi connectivity index (χ1) is 15.8. The Morgan fingerprint density at radius 3 is 2.64 bits per heavy atom. The van der Waals surface area contributed by atoms with Crippen molar-refractivity contribution in [2.24, 2.45) is 12.5 Å². The fraction of sp³-hybridized carbons (Fsp3) is 0.273. The lowest BCUT2D eigenvalue weighted by Crippen LogP contribution is -2.22. The molecule has 3 aromatic rings. The van der Waals surface area contributed by atoms with Gasteiger partial charge in [-0.25, -0.2) is 13.9 Å². The van der Waals surface area contributed by atoms with Crippen molar-refractivity contribution >= 4 is 23.5 Å². The molecule has 0 unspecified atom stereocenters. The third-order valence-electron chi connectivity index (χ3n) is 5.34. The summed E-state index contributed by atoms with van der Waals surface area (Å²) >= 11 is 0. The van der Waals surface area contributed by atoms with Gasteiger partial charge in [-0.2, -0.15) is 5.26 Å². The molecule has 1 aliphatic carbocycles. The SMILES string of the molecule is C[C@@H](OC(=O)Nc1c(-c2ccc(NC(=O)C3(C#N)CC3)cn2)nnn1C)c1ccccc1F. The van der Waals surface area contributed by atoms with Gasteiger partial charge in [-0.15, -0.1) is 5.10 Å². The molecule has 0 aliphatic heterocycles. The van der Waals surface area contributed by atoms with E-state index in [4.69, 9.17) is 10.00 Å². The second kappa shape index (κ2) is 8.66. The van der Waals surface area contributed by atoms with Crippen molar-refractivity contribution in [3.8, 4) is 17.5 Å². The molecule has 1 aromatic carbocycles. The normalized spacial score (nSPS) is 14.6. The highest BCUT2D eigenvalue weighted by molar-refractivity contribution is 5.99. The molecule has 168 valence electrons. The van der Waals surface area contributed by atoms with Crippen LogP contribution in [0.1, 0.15) is 31.4 Å². The molecule has 0 saturated heterocycles. The molecule has 11 heteroatoms. The molecule has 0 radical (unpaired) electrons. The molecule has 2 heterocycles. The Kier molecular flexibility index (Phi) is 5.74. The van der Waals surface area contributed by atoms with Crippen molar-refractivity contribution in [1.29, 1.82) is 5.26 Å². The van der Waals surface area contributed by atoms with Crippen LogP contribution >= 0.6 is 0 Å². The standard InChI is InChI=1S/C22H20FN7O3/c1-13(15-5-3-4-6-16(15)23)33-21(32)27-19-18(28-29-30(19)2)17-8-7-14(11-25-17)26-20(31)22(12-24)9-10-22/h3-8,11,13H,9-10H2,1-2H3,(H,26,31)(H,27,32)/t13-/m1/s1. The summed E-state index contributed by atoms with van der Waals surface area (Å²) in [6.07, 6.45) is 0.882. The third kappa shape index (κ3) is 4.50. The number of anilines is 2. The molecular weight excluding hydrogens is 429 g/mol. The minimum Gasteiger partial charge on any atom is -0.441 e. The lowest BCUT2D eigenvalue weighted by atomic mass is 10.1. The van der Waals surface area contributed by atoms with E-state index in [9.17, 15) is 14.0 Å². The number of aryl methyl sites for hydroxylation is 1. The van der Waals surface area contributed by atoms with E-state index in [1.807, 2.05) is 6.07 Å². The molecule has 2 aromatic heterocycles. The highest BCUT2D eigenvalue weighted by Crippen LogP contribution is 2.45. The van der Waals surface area contributed by atoms with Crippen molar-refractivity contribution in [2.45, 2.75) is 25.9 Å². The maximum Gasteiger partial charge on any atom is 0.413 e. The molecule has 4 rings (SSSR count). The topological polar surface area (TPSA) is 135 Å². The highest BCUT2D eigenvalue weighted by Gasteiger charge is 2.50. The van der Waals surface area contributed by atoms with Gasteiger partial charge in [0.15, 0.2) is 11.5 Å². The second-order valence-electron chi connectivity index (χ2n) is 7.68. The van der Waals surface area contributed by atoms with Gasteiger partial charge in [0.2, 0.25) is 5.91 Å². The predicted molar refractivity (Wildman–Crippen MR) is 115 cm³/mol. The number of nitriles is 1. The van der Waals surface area contributed by atoms with Crippen LogP contribution in [-0.4, -0.2) is 32.0 Å². The number of aromatic nitrogens is 4. The van der Waals surface area contributed by atoms with Gasteiger partial charge in [0.05, 0.1) is 23.6 Å². The fourth-order valence-corrected chi connectivity index (χ4v) is 3.20. The maximum absolute atomic E-state index is 13.9. The first-order valence-corrected chi connectivity index (χ1v) is 10.1. The van der Waals surface area contributed by atoms with Gasteiger partial charge in [0, 0.05) is 12.6 Å². The first kappa shape index (κ1) is 21.9. The molecule has 1 saturated carbocycles. The molecule has 1 atom stereocenters. The summed E-state index contributed by atoms with van der Waals surface area (Å²) in [5.74, 6) is -0.598. The van der Waals surface area contributed by atoms with Crippen molar-refractivity contribution in [1.82, 2.24) is 20.0 Å². The van der Waals surface area contributed by atoms with Crippen molar-refractivity contribution in [3.05, 3.63) is 54.0 Å². The van der Waals surface area contributed by atoms with Crippen LogP contribution in [0.5, 0.6) is 0 Å². The van der Waals surface area contributed by atoms with E-state index in [-0.39, 0.29) is 23.0 Å². The van der Waals surface area contributed by atoms with Gasteiger partial charge < -0.3 is 10.1 Å². The summed E-state index contributed by atoms with van der Waals surface area (Å²) in [6, 6.07) is 11.3. The zero-order chi connectivity index (χ0) is 23.6. The quantitative estimate of drug-likeness (QED) is 0.587.